The Bertz CT molecular complexity index is 1150. The molecular weight excluding hydrogens is 434 g/mol. The van der Waals surface area contributed by atoms with Crippen molar-refractivity contribution in [1.82, 2.24) is 15.0 Å². The summed E-state index contributed by atoms with van der Waals surface area (Å²) in [4.78, 5) is 16.9. The molecule has 2 aromatic carbocycles. The van der Waals surface area contributed by atoms with Gasteiger partial charge in [-0.1, -0.05) is 17.3 Å². The van der Waals surface area contributed by atoms with Crippen LogP contribution in [-0.2, 0) is 4.74 Å². The van der Waals surface area contributed by atoms with Crippen LogP contribution in [0.15, 0.2) is 53.1 Å². The molecule has 9 heteroatoms. The van der Waals surface area contributed by atoms with E-state index in [-0.39, 0.29) is 5.91 Å². The second kappa shape index (κ2) is 10.5. The first kappa shape index (κ1) is 23.5. The SMILES string of the molecule is COCCOc1ccc(C(=[NH2+])c2cc(-c3ccc(C(=O)N4CCN(C)CC4)cc3)no2)c(N)c1. The molecule has 9 nitrogen and oxygen atoms in total. The predicted octanol–water partition coefficient (Wildman–Crippen LogP) is 0.933. The Morgan fingerprint density at radius 1 is 1.09 bits per heavy atom. The number of nitrogens with two attached hydrogens (primary N) is 2. The molecule has 1 aromatic heterocycles. The van der Waals surface area contributed by atoms with Gasteiger partial charge in [-0.15, -0.1) is 0 Å². The molecule has 178 valence electrons. The van der Waals surface area contributed by atoms with Gasteiger partial charge in [-0.25, -0.2) is 0 Å². The lowest BCUT2D eigenvalue weighted by molar-refractivity contribution is -0.113. The Balaban J connectivity index is 1.44. The van der Waals surface area contributed by atoms with Crippen molar-refractivity contribution in [1.29, 1.82) is 0 Å². The Morgan fingerprint density at radius 2 is 1.82 bits per heavy atom. The fraction of sp³-hybridized carbons (Fsp3) is 0.320. The van der Waals surface area contributed by atoms with Crippen LogP contribution in [0.1, 0.15) is 21.7 Å². The van der Waals surface area contributed by atoms with Gasteiger partial charge in [0.15, 0.2) is 0 Å². The van der Waals surface area contributed by atoms with Crippen LogP contribution in [0, 0.1) is 0 Å². The minimum Gasteiger partial charge on any atom is -0.491 e. The largest absolute Gasteiger partial charge is 0.491 e. The van der Waals surface area contributed by atoms with E-state index in [4.69, 9.17) is 25.1 Å². The van der Waals surface area contributed by atoms with Gasteiger partial charge in [-0.05, 0) is 31.3 Å². The number of anilines is 1. The number of carbonyl (C=O) groups excluding carboxylic acids is 1. The maximum absolute atomic E-state index is 12.8. The number of aromatic nitrogens is 1. The molecule has 4 N–H and O–H groups in total. The summed E-state index contributed by atoms with van der Waals surface area (Å²) in [6.07, 6.45) is 0. The van der Waals surface area contributed by atoms with Gasteiger partial charge in [-0.3, -0.25) is 10.2 Å². The number of benzene rings is 2. The van der Waals surface area contributed by atoms with Crippen molar-refractivity contribution in [2.75, 3.05) is 59.3 Å². The van der Waals surface area contributed by atoms with E-state index < -0.39 is 0 Å². The third-order valence-electron chi connectivity index (χ3n) is 5.86. The molecule has 1 fully saturated rings. The minimum atomic E-state index is 0.0446. The summed E-state index contributed by atoms with van der Waals surface area (Å²) in [6, 6.07) is 14.4. The number of nitrogens with zero attached hydrogens (tertiary/aromatic N) is 3. The molecule has 0 unspecified atom stereocenters. The average molecular weight is 465 g/mol. The number of likely N-dealkylation sites (N-methyl/N-ethyl adjacent to an activating group) is 1. The topological polar surface area (TPSA) is 120 Å². The molecule has 0 saturated carbocycles. The second-order valence-electron chi connectivity index (χ2n) is 8.25. The minimum absolute atomic E-state index is 0.0446. The highest BCUT2D eigenvalue weighted by Gasteiger charge is 2.22. The van der Waals surface area contributed by atoms with E-state index in [0.29, 0.717) is 52.9 Å². The van der Waals surface area contributed by atoms with Crippen molar-refractivity contribution in [3.8, 4) is 17.0 Å². The first-order valence-electron chi connectivity index (χ1n) is 11.2. The number of nitrogen functional groups attached to an aromatic ring is 1. The summed E-state index contributed by atoms with van der Waals surface area (Å²) >= 11 is 0. The molecule has 0 spiro atoms. The quantitative estimate of drug-likeness (QED) is 0.289. The summed E-state index contributed by atoms with van der Waals surface area (Å²) in [5.41, 5.74) is 9.77. The Hall–Kier alpha value is -3.69. The number of hydrogen-bond donors (Lipinski definition) is 2. The number of carbonyl (C=O) groups is 1. The van der Waals surface area contributed by atoms with E-state index in [1.807, 2.05) is 29.2 Å². The number of piperazine rings is 1. The lowest BCUT2D eigenvalue weighted by Gasteiger charge is -2.32. The zero-order chi connectivity index (χ0) is 24.1. The molecule has 0 radical (unpaired) electrons. The highest BCUT2D eigenvalue weighted by Crippen LogP contribution is 2.25. The van der Waals surface area contributed by atoms with E-state index in [1.54, 1.807) is 31.4 Å². The van der Waals surface area contributed by atoms with E-state index in [0.717, 1.165) is 31.7 Å². The predicted molar refractivity (Wildman–Crippen MR) is 129 cm³/mol. The number of methoxy groups -OCH3 is 1. The highest BCUT2D eigenvalue weighted by molar-refractivity contribution is 6.10. The summed E-state index contributed by atoms with van der Waals surface area (Å²) < 4.78 is 16.0. The molecule has 0 atom stereocenters. The normalized spacial score (nSPS) is 14.2. The fourth-order valence-corrected chi connectivity index (χ4v) is 3.77. The van der Waals surface area contributed by atoms with Crippen LogP contribution in [0.3, 0.4) is 0 Å². The van der Waals surface area contributed by atoms with Crippen molar-refractivity contribution in [2.45, 2.75) is 0 Å². The number of rotatable bonds is 8. The van der Waals surface area contributed by atoms with Crippen molar-refractivity contribution in [3.63, 3.8) is 0 Å². The van der Waals surface area contributed by atoms with Gasteiger partial charge in [0.05, 0.1) is 12.2 Å². The molecule has 1 saturated heterocycles. The Labute approximate surface area is 198 Å². The van der Waals surface area contributed by atoms with Gasteiger partial charge in [-0.2, -0.15) is 0 Å². The van der Waals surface area contributed by atoms with Crippen LogP contribution in [0.25, 0.3) is 11.3 Å². The molecule has 4 rings (SSSR count). The number of hydrogen-bond acceptors (Lipinski definition) is 7. The standard InChI is InChI=1S/C25H29N5O4/c1-29-9-11-30(12-10-29)25(31)18-5-3-17(4-6-18)22-16-23(34-28-22)24(27)20-8-7-19(15-21(20)26)33-14-13-32-2/h3-8,15-16,27H,9-14,26H2,1-2H3/p+1. The molecule has 1 aliphatic rings. The lowest BCUT2D eigenvalue weighted by Crippen LogP contribution is -2.47. The Morgan fingerprint density at radius 3 is 2.50 bits per heavy atom. The maximum Gasteiger partial charge on any atom is 0.253 e. The van der Waals surface area contributed by atoms with Crippen LogP contribution < -0.4 is 15.9 Å². The third kappa shape index (κ3) is 5.27. The van der Waals surface area contributed by atoms with Gasteiger partial charge in [0.25, 0.3) is 11.6 Å². The smallest absolute Gasteiger partial charge is 0.253 e. The monoisotopic (exact) mass is 464 g/mol. The molecule has 34 heavy (non-hydrogen) atoms. The maximum atomic E-state index is 12.8. The van der Waals surface area contributed by atoms with E-state index >= 15 is 0 Å². The summed E-state index contributed by atoms with van der Waals surface area (Å²) in [5, 5.41) is 10.5. The second-order valence-corrected chi connectivity index (χ2v) is 8.25. The number of amides is 1. The summed E-state index contributed by atoms with van der Waals surface area (Å²) in [5.74, 6) is 1.09. The highest BCUT2D eigenvalue weighted by atomic mass is 16.5. The average Bonchev–Trinajstić information content (AvgIpc) is 3.34. The molecule has 1 amide bonds. The van der Waals surface area contributed by atoms with Crippen LogP contribution >= 0.6 is 0 Å². The summed E-state index contributed by atoms with van der Waals surface area (Å²) in [6.45, 7) is 4.17. The van der Waals surface area contributed by atoms with Gasteiger partial charge in [0.1, 0.15) is 18.1 Å². The van der Waals surface area contributed by atoms with Crippen molar-refractivity contribution in [3.05, 3.63) is 65.4 Å². The van der Waals surface area contributed by atoms with E-state index in [9.17, 15) is 4.79 Å². The zero-order valence-corrected chi connectivity index (χ0v) is 19.5. The van der Waals surface area contributed by atoms with Crippen LogP contribution in [0.2, 0.25) is 0 Å². The van der Waals surface area contributed by atoms with Crippen molar-refractivity contribution >= 4 is 17.3 Å². The van der Waals surface area contributed by atoms with Gasteiger partial charge in [0, 0.05) is 62.2 Å². The fourth-order valence-electron chi connectivity index (χ4n) is 3.77. The molecule has 3 aromatic rings. The molecule has 2 heterocycles. The van der Waals surface area contributed by atoms with Crippen molar-refractivity contribution in [2.24, 2.45) is 0 Å². The summed E-state index contributed by atoms with van der Waals surface area (Å²) in [7, 11) is 3.68. The zero-order valence-electron chi connectivity index (χ0n) is 19.5. The lowest BCUT2D eigenvalue weighted by atomic mass is 10.0. The molecule has 1 aliphatic heterocycles. The third-order valence-corrected chi connectivity index (χ3v) is 5.86. The molecule has 0 bridgehead atoms. The first-order valence-corrected chi connectivity index (χ1v) is 11.2. The van der Waals surface area contributed by atoms with Crippen molar-refractivity contribution < 1.29 is 24.2 Å². The van der Waals surface area contributed by atoms with E-state index in [2.05, 4.69) is 17.1 Å². The first-order chi connectivity index (χ1) is 16.5. The molecule has 0 aliphatic carbocycles. The Kier molecular flexibility index (Phi) is 7.24. The van der Waals surface area contributed by atoms with Crippen LogP contribution in [-0.4, -0.2) is 80.1 Å². The van der Waals surface area contributed by atoms with Crippen LogP contribution in [0.4, 0.5) is 5.69 Å². The molecular formula is C25H30N5O4+. The van der Waals surface area contributed by atoms with Gasteiger partial charge < -0.3 is 29.5 Å². The van der Waals surface area contributed by atoms with Gasteiger partial charge >= 0.3 is 0 Å². The number of ether oxygens (including phenoxy) is 2. The van der Waals surface area contributed by atoms with Gasteiger partial charge in [0.2, 0.25) is 5.76 Å². The van der Waals surface area contributed by atoms with E-state index in [1.165, 1.54) is 0 Å². The van der Waals surface area contributed by atoms with Crippen LogP contribution in [0.5, 0.6) is 5.75 Å².